The SMILES string of the molecule is CCN(C(=O)C1(C(=O)Nc2ccc(C(=O)OC)cc2)CC1)c1ccccc1. The Labute approximate surface area is 158 Å². The van der Waals surface area contributed by atoms with Crippen LogP contribution in [0.3, 0.4) is 0 Å². The number of methoxy groups -OCH3 is 1. The summed E-state index contributed by atoms with van der Waals surface area (Å²) in [5, 5.41) is 2.80. The van der Waals surface area contributed by atoms with Crippen molar-refractivity contribution in [1.82, 2.24) is 0 Å². The Balaban J connectivity index is 1.74. The second-order valence-corrected chi connectivity index (χ2v) is 6.49. The highest BCUT2D eigenvalue weighted by molar-refractivity contribution is 6.17. The number of rotatable bonds is 6. The van der Waals surface area contributed by atoms with Crippen LogP contribution in [-0.2, 0) is 14.3 Å². The van der Waals surface area contributed by atoms with E-state index in [2.05, 4.69) is 10.1 Å². The average molecular weight is 366 g/mol. The van der Waals surface area contributed by atoms with Gasteiger partial charge < -0.3 is 15.0 Å². The van der Waals surface area contributed by atoms with E-state index < -0.39 is 11.4 Å². The minimum Gasteiger partial charge on any atom is -0.465 e. The first-order chi connectivity index (χ1) is 13.0. The van der Waals surface area contributed by atoms with Gasteiger partial charge in [0.15, 0.2) is 0 Å². The topological polar surface area (TPSA) is 75.7 Å². The normalized spacial score (nSPS) is 14.1. The van der Waals surface area contributed by atoms with Crippen LogP contribution in [0.15, 0.2) is 54.6 Å². The van der Waals surface area contributed by atoms with Crippen LogP contribution in [0.25, 0.3) is 0 Å². The molecule has 6 nitrogen and oxygen atoms in total. The third-order valence-electron chi connectivity index (χ3n) is 4.79. The summed E-state index contributed by atoms with van der Waals surface area (Å²) in [6.07, 6.45) is 1.06. The standard InChI is InChI=1S/C21H22N2O4/c1-3-23(17-7-5-4-6-8-17)20(26)21(13-14-21)19(25)22-16-11-9-15(10-12-16)18(24)27-2/h4-12H,3,13-14H2,1-2H3,(H,22,25). The highest BCUT2D eigenvalue weighted by Crippen LogP contribution is 2.48. The van der Waals surface area contributed by atoms with Crippen molar-refractivity contribution in [2.45, 2.75) is 19.8 Å². The van der Waals surface area contributed by atoms with Gasteiger partial charge in [-0.3, -0.25) is 9.59 Å². The number of carbonyl (C=O) groups is 3. The van der Waals surface area contributed by atoms with Crippen molar-refractivity contribution < 1.29 is 19.1 Å². The number of hydrogen-bond donors (Lipinski definition) is 1. The lowest BCUT2D eigenvalue weighted by atomic mass is 10.0. The Kier molecular flexibility index (Phi) is 5.26. The van der Waals surface area contributed by atoms with Crippen LogP contribution < -0.4 is 10.2 Å². The quantitative estimate of drug-likeness (QED) is 0.629. The van der Waals surface area contributed by atoms with Gasteiger partial charge in [-0.2, -0.15) is 0 Å². The molecular weight excluding hydrogens is 344 g/mol. The average Bonchev–Trinajstić information content (AvgIpc) is 3.51. The van der Waals surface area contributed by atoms with E-state index in [1.165, 1.54) is 7.11 Å². The molecule has 2 aromatic carbocycles. The third kappa shape index (κ3) is 3.69. The summed E-state index contributed by atoms with van der Waals surface area (Å²) < 4.78 is 4.66. The van der Waals surface area contributed by atoms with Crippen LogP contribution in [-0.4, -0.2) is 31.4 Å². The van der Waals surface area contributed by atoms with Gasteiger partial charge >= 0.3 is 5.97 Å². The molecule has 0 aromatic heterocycles. The summed E-state index contributed by atoms with van der Waals surface area (Å²) in [6, 6.07) is 15.7. The largest absolute Gasteiger partial charge is 0.465 e. The lowest BCUT2D eigenvalue weighted by molar-refractivity contribution is -0.132. The van der Waals surface area contributed by atoms with Gasteiger partial charge in [0.1, 0.15) is 5.41 Å². The maximum Gasteiger partial charge on any atom is 0.337 e. The number of ether oxygens (including phenoxy) is 1. The smallest absolute Gasteiger partial charge is 0.337 e. The number of amides is 2. The lowest BCUT2D eigenvalue weighted by Gasteiger charge is -2.26. The highest BCUT2D eigenvalue weighted by Gasteiger charge is 2.58. The van der Waals surface area contributed by atoms with Crippen molar-refractivity contribution in [3.63, 3.8) is 0 Å². The van der Waals surface area contributed by atoms with Gasteiger partial charge in [0.25, 0.3) is 0 Å². The van der Waals surface area contributed by atoms with E-state index in [-0.39, 0.29) is 11.8 Å². The van der Waals surface area contributed by atoms with Crippen LogP contribution in [0.1, 0.15) is 30.1 Å². The molecule has 0 spiro atoms. The molecule has 0 heterocycles. The summed E-state index contributed by atoms with van der Waals surface area (Å²) in [5.41, 5.74) is 0.697. The minimum absolute atomic E-state index is 0.181. The van der Waals surface area contributed by atoms with Crippen molar-refractivity contribution in [2.24, 2.45) is 5.41 Å². The van der Waals surface area contributed by atoms with Gasteiger partial charge in [-0.25, -0.2) is 4.79 Å². The number of para-hydroxylation sites is 1. The monoisotopic (exact) mass is 366 g/mol. The summed E-state index contributed by atoms with van der Waals surface area (Å²) in [5.74, 6) is -0.934. The molecule has 0 saturated heterocycles. The minimum atomic E-state index is -1.02. The first-order valence-electron chi connectivity index (χ1n) is 8.88. The fourth-order valence-electron chi connectivity index (χ4n) is 3.03. The van der Waals surface area contributed by atoms with Crippen LogP contribution in [0.4, 0.5) is 11.4 Å². The fraction of sp³-hybridized carbons (Fsp3) is 0.286. The zero-order chi connectivity index (χ0) is 19.4. The Bertz CT molecular complexity index is 842. The summed E-state index contributed by atoms with van der Waals surface area (Å²) >= 11 is 0. The van der Waals surface area contributed by atoms with E-state index in [4.69, 9.17) is 0 Å². The molecule has 0 radical (unpaired) electrons. The van der Waals surface area contributed by atoms with Crippen LogP contribution >= 0.6 is 0 Å². The zero-order valence-corrected chi connectivity index (χ0v) is 15.4. The second kappa shape index (κ2) is 7.61. The molecule has 0 unspecified atom stereocenters. The Hall–Kier alpha value is -3.15. The van der Waals surface area contributed by atoms with Crippen LogP contribution in [0.2, 0.25) is 0 Å². The van der Waals surface area contributed by atoms with Gasteiger partial charge in [-0.1, -0.05) is 18.2 Å². The molecule has 0 atom stereocenters. The van der Waals surface area contributed by atoms with Gasteiger partial charge in [0.05, 0.1) is 12.7 Å². The lowest BCUT2D eigenvalue weighted by Crippen LogP contribution is -2.43. The van der Waals surface area contributed by atoms with Crippen molar-refractivity contribution in [3.8, 4) is 0 Å². The highest BCUT2D eigenvalue weighted by atomic mass is 16.5. The van der Waals surface area contributed by atoms with Crippen LogP contribution in [0, 0.1) is 5.41 Å². The van der Waals surface area contributed by atoms with E-state index in [0.29, 0.717) is 30.6 Å². The maximum atomic E-state index is 13.1. The van der Waals surface area contributed by atoms with Crippen molar-refractivity contribution in [1.29, 1.82) is 0 Å². The van der Waals surface area contributed by atoms with E-state index in [1.807, 2.05) is 37.3 Å². The molecule has 3 rings (SSSR count). The first-order valence-corrected chi connectivity index (χ1v) is 8.88. The number of anilines is 2. The van der Waals surface area contributed by atoms with E-state index in [0.717, 1.165) is 5.69 Å². The molecule has 2 amide bonds. The van der Waals surface area contributed by atoms with E-state index in [9.17, 15) is 14.4 Å². The molecule has 0 bridgehead atoms. The Morgan fingerprint density at radius 3 is 2.19 bits per heavy atom. The maximum absolute atomic E-state index is 13.1. The number of nitrogens with zero attached hydrogens (tertiary/aromatic N) is 1. The predicted octanol–water partition coefficient (Wildman–Crippen LogP) is 3.25. The molecule has 1 saturated carbocycles. The Morgan fingerprint density at radius 1 is 1.04 bits per heavy atom. The molecule has 140 valence electrons. The van der Waals surface area contributed by atoms with Crippen LogP contribution in [0.5, 0.6) is 0 Å². The molecule has 0 aliphatic heterocycles. The molecule has 1 aliphatic rings. The summed E-state index contributed by atoms with van der Waals surface area (Å²) in [4.78, 5) is 39.0. The summed E-state index contributed by atoms with van der Waals surface area (Å²) in [7, 11) is 1.31. The van der Waals surface area contributed by atoms with E-state index >= 15 is 0 Å². The third-order valence-corrected chi connectivity index (χ3v) is 4.79. The molecule has 1 aliphatic carbocycles. The molecular formula is C21H22N2O4. The van der Waals surface area contributed by atoms with Gasteiger partial charge in [0.2, 0.25) is 11.8 Å². The number of benzene rings is 2. The molecule has 2 aromatic rings. The number of nitrogens with one attached hydrogen (secondary N) is 1. The van der Waals surface area contributed by atoms with Crippen molar-refractivity contribution in [2.75, 3.05) is 23.9 Å². The van der Waals surface area contributed by atoms with Gasteiger partial charge in [-0.05, 0) is 56.2 Å². The van der Waals surface area contributed by atoms with Crippen molar-refractivity contribution >= 4 is 29.2 Å². The Morgan fingerprint density at radius 2 is 1.67 bits per heavy atom. The molecule has 6 heteroatoms. The van der Waals surface area contributed by atoms with Crippen molar-refractivity contribution in [3.05, 3.63) is 60.2 Å². The fourth-order valence-corrected chi connectivity index (χ4v) is 3.03. The molecule has 27 heavy (non-hydrogen) atoms. The van der Waals surface area contributed by atoms with Gasteiger partial charge in [-0.15, -0.1) is 0 Å². The second-order valence-electron chi connectivity index (χ2n) is 6.49. The van der Waals surface area contributed by atoms with E-state index in [1.54, 1.807) is 29.2 Å². The summed E-state index contributed by atoms with van der Waals surface area (Å²) in [6.45, 7) is 2.39. The molecule has 1 fully saturated rings. The molecule has 1 N–H and O–H groups in total. The number of esters is 1. The zero-order valence-electron chi connectivity index (χ0n) is 15.4. The predicted molar refractivity (Wildman–Crippen MR) is 103 cm³/mol. The number of carbonyl (C=O) groups excluding carboxylic acids is 3. The number of hydrogen-bond acceptors (Lipinski definition) is 4. The van der Waals surface area contributed by atoms with Gasteiger partial charge in [0, 0.05) is 17.9 Å². The first kappa shape index (κ1) is 18.6.